The fraction of sp³-hybridized carbons (Fsp3) is 0.273. The number of nitrogens with zero attached hydrogens (tertiary/aromatic N) is 2. The first-order valence-corrected chi connectivity index (χ1v) is 6.38. The van der Waals surface area contributed by atoms with Crippen LogP contribution in [0.25, 0.3) is 11.5 Å². The third kappa shape index (κ3) is 1.95. The zero-order valence-corrected chi connectivity index (χ0v) is 9.77. The summed E-state index contributed by atoms with van der Waals surface area (Å²) in [7, 11) is 0. The van der Waals surface area contributed by atoms with Crippen molar-refractivity contribution >= 4 is 17.7 Å². The average Bonchev–Trinajstić information content (AvgIpc) is 3.09. The Morgan fingerprint density at radius 3 is 3.12 bits per heavy atom. The van der Waals surface area contributed by atoms with Gasteiger partial charge in [0.1, 0.15) is 0 Å². The van der Waals surface area contributed by atoms with E-state index in [1.807, 2.05) is 0 Å². The molecule has 5 nitrogen and oxygen atoms in total. The Hall–Kier alpha value is -1.69. The van der Waals surface area contributed by atoms with Crippen LogP contribution in [0.1, 0.15) is 10.5 Å². The summed E-state index contributed by atoms with van der Waals surface area (Å²) < 4.78 is 10.3. The second-order valence-corrected chi connectivity index (χ2v) is 4.73. The van der Waals surface area contributed by atoms with E-state index in [1.54, 1.807) is 41.1 Å². The van der Waals surface area contributed by atoms with Crippen molar-refractivity contribution in [2.24, 2.45) is 0 Å². The molecule has 1 saturated heterocycles. The molecular weight excluding hydrogens is 240 g/mol. The van der Waals surface area contributed by atoms with Gasteiger partial charge in [0.25, 0.3) is 5.91 Å². The largest absolute Gasteiger partial charge is 0.461 e. The highest BCUT2D eigenvalue weighted by Gasteiger charge is 2.23. The summed E-state index contributed by atoms with van der Waals surface area (Å²) in [6, 6.07) is 5.14. The molecular formula is C11H10N2O3S. The fourth-order valence-electron chi connectivity index (χ4n) is 1.65. The molecule has 1 amide bonds. The molecule has 0 aliphatic carbocycles. The third-order valence-electron chi connectivity index (χ3n) is 2.53. The van der Waals surface area contributed by atoms with E-state index in [1.165, 1.54) is 0 Å². The van der Waals surface area contributed by atoms with Crippen molar-refractivity contribution in [1.29, 1.82) is 0 Å². The summed E-state index contributed by atoms with van der Waals surface area (Å²) in [6.07, 6.45) is 1.55. The minimum absolute atomic E-state index is 0.0865. The number of rotatable bonds is 2. The van der Waals surface area contributed by atoms with Gasteiger partial charge in [-0.15, -0.1) is 11.8 Å². The van der Waals surface area contributed by atoms with E-state index < -0.39 is 0 Å². The lowest BCUT2D eigenvalue weighted by molar-refractivity contribution is 0.0792. The number of aromatic nitrogens is 1. The molecule has 1 fully saturated rings. The molecule has 0 bridgehead atoms. The first-order valence-electron chi connectivity index (χ1n) is 5.22. The summed E-state index contributed by atoms with van der Waals surface area (Å²) in [6.45, 7) is 0.770. The smallest absolute Gasteiger partial charge is 0.276 e. The minimum atomic E-state index is -0.0865. The first-order chi connectivity index (χ1) is 8.34. The lowest BCUT2D eigenvalue weighted by atomic mass is 10.3. The Labute approximate surface area is 102 Å². The van der Waals surface area contributed by atoms with Gasteiger partial charge in [0.2, 0.25) is 5.76 Å². The highest BCUT2D eigenvalue weighted by Crippen LogP contribution is 2.22. The number of thioether (sulfide) groups is 1. The van der Waals surface area contributed by atoms with Crippen LogP contribution in [0.15, 0.2) is 33.4 Å². The van der Waals surface area contributed by atoms with Crippen LogP contribution in [-0.4, -0.2) is 34.1 Å². The monoisotopic (exact) mass is 250 g/mol. The van der Waals surface area contributed by atoms with E-state index in [2.05, 4.69) is 5.16 Å². The van der Waals surface area contributed by atoms with E-state index in [0.29, 0.717) is 17.2 Å². The molecule has 1 aliphatic heterocycles. The molecule has 17 heavy (non-hydrogen) atoms. The van der Waals surface area contributed by atoms with Crippen LogP contribution in [0, 0.1) is 0 Å². The molecule has 6 heteroatoms. The fourth-order valence-corrected chi connectivity index (χ4v) is 2.59. The minimum Gasteiger partial charge on any atom is -0.461 e. The van der Waals surface area contributed by atoms with Crippen LogP contribution in [0.3, 0.4) is 0 Å². The van der Waals surface area contributed by atoms with Gasteiger partial charge in [-0.2, -0.15) is 0 Å². The summed E-state index contributed by atoms with van der Waals surface area (Å²) in [5.41, 5.74) is 0.332. The normalized spacial score (nSPS) is 15.4. The quantitative estimate of drug-likeness (QED) is 0.816. The van der Waals surface area contributed by atoms with Gasteiger partial charge in [0, 0.05) is 18.4 Å². The predicted octanol–water partition coefficient (Wildman–Crippen LogP) is 2.08. The molecule has 88 valence electrons. The molecule has 2 aromatic rings. The molecule has 0 N–H and O–H groups in total. The number of carbonyl (C=O) groups excluding carboxylic acids is 1. The van der Waals surface area contributed by atoms with Gasteiger partial charge in [0.05, 0.1) is 12.1 Å². The first kappa shape index (κ1) is 10.5. The SMILES string of the molecule is O=C(c1cc(-c2ccco2)on1)N1CCSC1. The van der Waals surface area contributed by atoms with Crippen LogP contribution in [0.2, 0.25) is 0 Å². The molecule has 0 aromatic carbocycles. The standard InChI is InChI=1S/C11H10N2O3S/c14-11(13-3-5-17-7-13)8-6-10(16-12-8)9-2-1-4-15-9/h1-2,4,6H,3,5,7H2. The second kappa shape index (κ2) is 4.29. The maximum absolute atomic E-state index is 12.0. The Morgan fingerprint density at radius 1 is 1.47 bits per heavy atom. The predicted molar refractivity (Wildman–Crippen MR) is 62.6 cm³/mol. The van der Waals surface area contributed by atoms with E-state index in [4.69, 9.17) is 8.94 Å². The lowest BCUT2D eigenvalue weighted by Crippen LogP contribution is -2.27. The summed E-state index contributed by atoms with van der Waals surface area (Å²) in [5.74, 6) is 2.67. The maximum atomic E-state index is 12.0. The zero-order chi connectivity index (χ0) is 11.7. The van der Waals surface area contributed by atoms with Gasteiger partial charge in [-0.3, -0.25) is 4.79 Å². The van der Waals surface area contributed by atoms with Crippen LogP contribution in [-0.2, 0) is 0 Å². The Kier molecular flexibility index (Phi) is 2.64. The van der Waals surface area contributed by atoms with E-state index >= 15 is 0 Å². The van der Waals surface area contributed by atoms with Crippen LogP contribution in [0.4, 0.5) is 0 Å². The number of amides is 1. The van der Waals surface area contributed by atoms with Gasteiger partial charge in [-0.05, 0) is 12.1 Å². The van der Waals surface area contributed by atoms with Crippen molar-refractivity contribution in [3.05, 3.63) is 30.2 Å². The average molecular weight is 250 g/mol. The van der Waals surface area contributed by atoms with Crippen molar-refractivity contribution in [2.45, 2.75) is 0 Å². The Balaban J connectivity index is 1.82. The van der Waals surface area contributed by atoms with Gasteiger partial charge in [-0.25, -0.2) is 0 Å². The van der Waals surface area contributed by atoms with E-state index in [9.17, 15) is 4.79 Å². The Bertz CT molecular complexity index is 515. The number of furan rings is 1. The van der Waals surface area contributed by atoms with Gasteiger partial charge >= 0.3 is 0 Å². The Morgan fingerprint density at radius 2 is 2.41 bits per heavy atom. The topological polar surface area (TPSA) is 59.5 Å². The molecule has 0 saturated carbocycles. The van der Waals surface area contributed by atoms with Crippen molar-refractivity contribution < 1.29 is 13.7 Å². The molecule has 3 rings (SSSR count). The molecule has 0 unspecified atom stereocenters. The van der Waals surface area contributed by atoms with E-state index in [-0.39, 0.29) is 5.91 Å². The summed E-state index contributed by atoms with van der Waals surface area (Å²) >= 11 is 1.74. The van der Waals surface area contributed by atoms with Gasteiger partial charge < -0.3 is 13.8 Å². The van der Waals surface area contributed by atoms with Crippen LogP contribution >= 0.6 is 11.8 Å². The number of hydrogen-bond donors (Lipinski definition) is 0. The number of hydrogen-bond acceptors (Lipinski definition) is 5. The molecule has 0 radical (unpaired) electrons. The van der Waals surface area contributed by atoms with Crippen molar-refractivity contribution in [2.75, 3.05) is 18.2 Å². The van der Waals surface area contributed by atoms with Crippen molar-refractivity contribution in [3.63, 3.8) is 0 Å². The zero-order valence-electron chi connectivity index (χ0n) is 8.96. The van der Waals surface area contributed by atoms with Crippen LogP contribution < -0.4 is 0 Å². The maximum Gasteiger partial charge on any atom is 0.276 e. The highest BCUT2D eigenvalue weighted by atomic mass is 32.2. The molecule has 3 heterocycles. The molecule has 1 aliphatic rings. The van der Waals surface area contributed by atoms with E-state index in [0.717, 1.165) is 18.2 Å². The molecule has 0 atom stereocenters. The van der Waals surface area contributed by atoms with Crippen LogP contribution in [0.5, 0.6) is 0 Å². The van der Waals surface area contributed by atoms with Gasteiger partial charge in [-0.1, -0.05) is 5.16 Å². The highest BCUT2D eigenvalue weighted by molar-refractivity contribution is 7.99. The molecule has 2 aromatic heterocycles. The number of carbonyl (C=O) groups is 1. The van der Waals surface area contributed by atoms with Crippen molar-refractivity contribution in [3.8, 4) is 11.5 Å². The van der Waals surface area contributed by atoms with Gasteiger partial charge in [0.15, 0.2) is 11.5 Å². The molecule has 0 spiro atoms. The lowest BCUT2D eigenvalue weighted by Gasteiger charge is -2.11. The van der Waals surface area contributed by atoms with Crippen molar-refractivity contribution in [1.82, 2.24) is 10.1 Å². The second-order valence-electron chi connectivity index (χ2n) is 3.66. The summed E-state index contributed by atoms with van der Waals surface area (Å²) in [4.78, 5) is 13.7. The summed E-state index contributed by atoms with van der Waals surface area (Å²) in [5, 5.41) is 3.78. The third-order valence-corrected chi connectivity index (χ3v) is 3.50.